The predicted molar refractivity (Wildman–Crippen MR) is 92.9 cm³/mol. The van der Waals surface area contributed by atoms with E-state index in [4.69, 9.17) is 0 Å². The van der Waals surface area contributed by atoms with Crippen LogP contribution in [0.2, 0.25) is 0 Å². The van der Waals surface area contributed by atoms with Crippen LogP contribution in [0.5, 0.6) is 0 Å². The summed E-state index contributed by atoms with van der Waals surface area (Å²) in [6.07, 6.45) is 4.41. The molecule has 4 amide bonds. The van der Waals surface area contributed by atoms with Gasteiger partial charge in [0.1, 0.15) is 0 Å². The molecule has 0 aromatic heterocycles. The smallest absolute Gasteiger partial charge is 0.594 e. The third kappa shape index (κ3) is 6.27. The predicted octanol–water partition coefficient (Wildman–Crippen LogP) is -0.164. The third-order valence-electron chi connectivity index (χ3n) is 3.06. The van der Waals surface area contributed by atoms with Crippen molar-refractivity contribution in [1.29, 1.82) is 0 Å². The maximum atomic E-state index is 12.1. The van der Waals surface area contributed by atoms with Crippen molar-refractivity contribution in [1.82, 2.24) is 4.90 Å². The molecule has 2 aliphatic heterocycles. The topological polar surface area (TPSA) is 85.6 Å². The minimum absolute atomic E-state index is 0. The molecule has 1 unspecified atom stereocenters. The summed E-state index contributed by atoms with van der Waals surface area (Å²) in [6.45, 7) is 16.2. The van der Waals surface area contributed by atoms with E-state index in [9.17, 15) is 19.2 Å². The Labute approximate surface area is 191 Å². The summed E-state index contributed by atoms with van der Waals surface area (Å²) in [5.74, 6) is -2.48. The maximum absolute atomic E-state index is 12.1. The maximum Gasteiger partial charge on any atom is 1.00 e. The van der Waals surface area contributed by atoms with Gasteiger partial charge in [-0.05, 0) is 19.8 Å². The van der Waals surface area contributed by atoms with Gasteiger partial charge in [-0.1, -0.05) is 45.2 Å². The van der Waals surface area contributed by atoms with Gasteiger partial charge in [0.25, 0.3) is 11.8 Å². The van der Waals surface area contributed by atoms with Crippen molar-refractivity contribution in [2.45, 2.75) is 39.7 Å². The number of imide groups is 2. The molecule has 0 N–H and O–H groups in total. The summed E-state index contributed by atoms with van der Waals surface area (Å²) < 4.78 is 0. The van der Waals surface area contributed by atoms with E-state index < -0.39 is 29.7 Å². The summed E-state index contributed by atoms with van der Waals surface area (Å²) in [4.78, 5) is 47.7. The van der Waals surface area contributed by atoms with E-state index in [0.29, 0.717) is 0 Å². The van der Waals surface area contributed by atoms with Gasteiger partial charge < -0.3 is 14.9 Å². The van der Waals surface area contributed by atoms with Gasteiger partial charge >= 0.3 is 51.4 Å². The van der Waals surface area contributed by atoms with Gasteiger partial charge in [0, 0.05) is 0 Å². The summed E-state index contributed by atoms with van der Waals surface area (Å²) in [5.41, 5.74) is 0.231. The monoisotopic (exact) mass is 370 g/mol. The second-order valence-corrected chi connectivity index (χ2v) is 4.52. The second-order valence-electron chi connectivity index (χ2n) is 4.52. The summed E-state index contributed by atoms with van der Waals surface area (Å²) >= 11 is 0. The molecule has 0 saturated carbocycles. The van der Waals surface area contributed by atoms with E-state index in [2.05, 4.69) is 25.1 Å². The molecule has 0 spiro atoms. The van der Waals surface area contributed by atoms with Crippen LogP contribution in [0.3, 0.4) is 0 Å². The van der Waals surface area contributed by atoms with E-state index in [1.165, 1.54) is 12.2 Å². The fourth-order valence-corrected chi connectivity index (χ4v) is 2.14. The Hall–Kier alpha value is -1.12. The number of allylic oxidation sites excluding steroid dienone is 1. The molecule has 25 heavy (non-hydrogen) atoms. The van der Waals surface area contributed by atoms with Crippen molar-refractivity contribution in [3.05, 3.63) is 54.4 Å². The van der Waals surface area contributed by atoms with Crippen LogP contribution in [0.25, 0.3) is 5.32 Å². The standard InChI is InChI=1S/C13H12N2O4.C3H6.C2H6.K/c1-3-7-8(4-2)13(19)15(12(7)18)9-5-6-10(16)14-11(9)17;1-3-2;1-2;/h3-4,9H,1-2,5-6H2,(H,14,16,17);3H,1H2,2H3;1-2H3;/q;;;+1/p-1. The zero-order valence-corrected chi connectivity index (χ0v) is 18.5. The van der Waals surface area contributed by atoms with Crippen molar-refractivity contribution in [2.75, 3.05) is 0 Å². The van der Waals surface area contributed by atoms with Gasteiger partial charge in [0.05, 0.1) is 29.0 Å². The summed E-state index contributed by atoms with van der Waals surface area (Å²) in [5, 5.41) is 3.29. The molecular weight excluding hydrogens is 347 g/mol. The first-order chi connectivity index (χ1) is 11.4. The number of piperidine rings is 1. The Morgan fingerprint density at radius 2 is 1.40 bits per heavy atom. The van der Waals surface area contributed by atoms with Gasteiger partial charge in [-0.2, -0.15) is 0 Å². The molecule has 0 aromatic carbocycles. The molecule has 2 heterocycles. The zero-order valence-electron chi connectivity index (χ0n) is 15.4. The largest absolute Gasteiger partial charge is 1.00 e. The quantitative estimate of drug-likeness (QED) is 0.392. The van der Waals surface area contributed by atoms with Crippen molar-refractivity contribution >= 4 is 23.6 Å². The molecule has 1 atom stereocenters. The molecule has 2 aliphatic rings. The average molecular weight is 370 g/mol. The summed E-state index contributed by atoms with van der Waals surface area (Å²) in [7, 11) is 0. The minimum atomic E-state index is -1.01. The van der Waals surface area contributed by atoms with Crippen LogP contribution < -0.4 is 51.4 Å². The van der Waals surface area contributed by atoms with Gasteiger partial charge in [-0.15, -0.1) is 6.58 Å². The van der Waals surface area contributed by atoms with Crippen molar-refractivity contribution in [3.63, 3.8) is 0 Å². The van der Waals surface area contributed by atoms with Gasteiger partial charge in [0.2, 0.25) is 0 Å². The number of hydrogen-bond acceptors (Lipinski definition) is 4. The molecule has 0 aliphatic carbocycles. The number of amides is 4. The Balaban J connectivity index is 0. The van der Waals surface area contributed by atoms with Crippen LogP contribution in [0, 0.1) is 0 Å². The number of carbonyl (C=O) groups excluding carboxylic acids is 4. The first-order valence-electron chi connectivity index (χ1n) is 7.65. The zero-order chi connectivity index (χ0) is 18.9. The van der Waals surface area contributed by atoms with Crippen LogP contribution >= 0.6 is 0 Å². The molecular formula is C18H23KN2O4. The molecule has 0 radical (unpaired) electrons. The van der Waals surface area contributed by atoms with Crippen LogP contribution in [-0.4, -0.2) is 34.6 Å². The van der Waals surface area contributed by atoms with Crippen LogP contribution in [0.15, 0.2) is 49.1 Å². The van der Waals surface area contributed by atoms with Gasteiger partial charge in [-0.3, -0.25) is 14.5 Å². The van der Waals surface area contributed by atoms with Gasteiger partial charge in [-0.25, -0.2) is 0 Å². The fraction of sp³-hybridized carbons (Fsp3) is 0.333. The molecule has 7 heteroatoms. The Morgan fingerprint density at radius 3 is 1.72 bits per heavy atom. The average Bonchev–Trinajstić information content (AvgIpc) is 2.80. The van der Waals surface area contributed by atoms with E-state index in [1.54, 1.807) is 6.08 Å². The fourth-order valence-electron chi connectivity index (χ4n) is 2.14. The molecule has 0 bridgehead atoms. The van der Waals surface area contributed by atoms with Crippen molar-refractivity contribution in [3.8, 4) is 0 Å². The van der Waals surface area contributed by atoms with E-state index >= 15 is 0 Å². The number of rotatable bonds is 3. The van der Waals surface area contributed by atoms with Crippen LogP contribution in [0.1, 0.15) is 33.6 Å². The first kappa shape index (κ1) is 26.1. The third-order valence-corrected chi connectivity index (χ3v) is 3.06. The van der Waals surface area contributed by atoms with E-state index in [1.807, 2.05) is 20.8 Å². The number of carbonyl (C=O) groups is 4. The molecule has 1 fully saturated rings. The van der Waals surface area contributed by atoms with Crippen LogP contribution in [-0.2, 0) is 19.2 Å². The summed E-state index contributed by atoms with van der Waals surface area (Å²) in [6, 6.07) is -1.01. The normalized spacial score (nSPS) is 18.8. The van der Waals surface area contributed by atoms with Gasteiger partial charge in [0.15, 0.2) is 0 Å². The Kier molecular flexibility index (Phi) is 13.7. The van der Waals surface area contributed by atoms with Crippen molar-refractivity contribution in [2.24, 2.45) is 0 Å². The Bertz CT molecular complexity index is 578. The van der Waals surface area contributed by atoms with Crippen LogP contribution in [0.4, 0.5) is 0 Å². The van der Waals surface area contributed by atoms with Crippen molar-refractivity contribution < 1.29 is 70.6 Å². The van der Waals surface area contributed by atoms with E-state index in [0.717, 1.165) is 4.90 Å². The number of nitrogens with zero attached hydrogens (tertiary/aromatic N) is 2. The first-order valence-corrected chi connectivity index (χ1v) is 7.65. The molecule has 2 rings (SSSR count). The molecule has 130 valence electrons. The molecule has 0 aromatic rings. The molecule has 1 saturated heterocycles. The second kappa shape index (κ2) is 13.1. The number of hydrogen-bond donors (Lipinski definition) is 0. The SMILES string of the molecule is C=CC.C=CC1=C(C=C)C(=O)N(C2CCC(=O)[N-]C2=O)C1=O.CC.[K+]. The minimum Gasteiger partial charge on any atom is -0.594 e. The Morgan fingerprint density at radius 1 is 1.00 bits per heavy atom. The molecule has 6 nitrogen and oxygen atoms in total. The van der Waals surface area contributed by atoms with E-state index in [-0.39, 0.29) is 75.4 Å².